The first-order chi connectivity index (χ1) is 10.1. The molecule has 0 unspecified atom stereocenters. The number of benzene rings is 2. The van der Waals surface area contributed by atoms with E-state index in [-0.39, 0.29) is 5.78 Å². The number of carbonyl (C=O) groups excluding carboxylic acids is 1. The molecule has 0 atom stereocenters. The van der Waals surface area contributed by atoms with Crippen LogP contribution in [0.5, 0.6) is 0 Å². The summed E-state index contributed by atoms with van der Waals surface area (Å²) in [6.45, 7) is 2.08. The lowest BCUT2D eigenvalue weighted by Gasteiger charge is -2.03. The Labute approximate surface area is 128 Å². The summed E-state index contributed by atoms with van der Waals surface area (Å²) in [6.07, 6.45) is 0.882. The maximum Gasteiger partial charge on any atom is 0.142 e. The second kappa shape index (κ2) is 5.70. The molecule has 106 valence electrons. The van der Waals surface area contributed by atoms with Crippen LogP contribution in [-0.4, -0.2) is 5.78 Å². The van der Waals surface area contributed by atoms with Gasteiger partial charge in [0.25, 0.3) is 0 Å². The molecular weight excluding hydrogens is 278 g/mol. The number of rotatable bonds is 4. The number of para-hydroxylation sites is 1. The summed E-state index contributed by atoms with van der Waals surface area (Å²) in [5, 5.41) is 1.22. The molecule has 0 amide bonds. The van der Waals surface area contributed by atoms with Crippen LogP contribution >= 0.6 is 11.3 Å². The third-order valence-corrected chi connectivity index (χ3v) is 4.65. The van der Waals surface area contributed by atoms with Crippen LogP contribution in [0.15, 0.2) is 48.5 Å². The molecule has 1 heterocycles. The van der Waals surface area contributed by atoms with Crippen molar-refractivity contribution >= 4 is 32.9 Å². The quantitative estimate of drug-likeness (QED) is 0.735. The molecular formula is C18H17NOS. The summed E-state index contributed by atoms with van der Waals surface area (Å²) in [5.41, 5.74) is 8.74. The number of anilines is 1. The fraction of sp³-hybridized carbons (Fsp3) is 0.167. The van der Waals surface area contributed by atoms with E-state index in [1.165, 1.54) is 15.6 Å². The summed E-state index contributed by atoms with van der Waals surface area (Å²) < 4.78 is 1.24. The molecule has 0 aliphatic rings. The number of nitrogens with two attached hydrogens (primary N) is 1. The molecule has 0 fully saturated rings. The predicted molar refractivity (Wildman–Crippen MR) is 89.8 cm³/mol. The molecule has 0 spiro atoms. The summed E-state index contributed by atoms with van der Waals surface area (Å²) in [7, 11) is 0. The number of hydrogen-bond acceptors (Lipinski definition) is 3. The Kier molecular flexibility index (Phi) is 3.76. The zero-order valence-electron chi connectivity index (χ0n) is 11.9. The van der Waals surface area contributed by atoms with Gasteiger partial charge in [-0.15, -0.1) is 11.3 Å². The van der Waals surface area contributed by atoms with Crippen LogP contribution in [0.4, 0.5) is 5.69 Å². The van der Waals surface area contributed by atoms with Crippen molar-refractivity contribution in [1.82, 2.24) is 0 Å². The number of nitrogen functional groups attached to an aromatic ring is 1. The number of aryl methyl sites for hydroxylation is 1. The van der Waals surface area contributed by atoms with Crippen LogP contribution in [0.2, 0.25) is 0 Å². The van der Waals surface area contributed by atoms with Gasteiger partial charge < -0.3 is 5.73 Å². The molecule has 3 aromatic rings. The van der Waals surface area contributed by atoms with Crippen LogP contribution in [0.1, 0.15) is 16.0 Å². The van der Waals surface area contributed by atoms with Gasteiger partial charge in [-0.25, -0.2) is 0 Å². The van der Waals surface area contributed by atoms with Crippen molar-refractivity contribution in [3.63, 3.8) is 0 Å². The van der Waals surface area contributed by atoms with E-state index < -0.39 is 0 Å². The minimum Gasteiger partial charge on any atom is -0.398 e. The third kappa shape index (κ3) is 3.14. The Hall–Kier alpha value is -2.13. The number of Topliss-reactive ketones (excluding diaryl/α,β-unsaturated/α-hetero) is 1. The van der Waals surface area contributed by atoms with Crippen LogP contribution in [-0.2, 0) is 17.6 Å². The van der Waals surface area contributed by atoms with E-state index in [0.29, 0.717) is 18.5 Å². The molecule has 3 heteroatoms. The lowest BCUT2D eigenvalue weighted by molar-refractivity contribution is -0.117. The SMILES string of the molecule is Cc1ccc2sc(CC(=O)Cc3ccccc3N)cc2c1. The van der Waals surface area contributed by atoms with Crippen LogP contribution < -0.4 is 5.73 Å². The molecule has 2 aromatic carbocycles. The Morgan fingerprint density at radius 1 is 1.10 bits per heavy atom. The van der Waals surface area contributed by atoms with E-state index in [2.05, 4.69) is 31.2 Å². The van der Waals surface area contributed by atoms with E-state index in [1.54, 1.807) is 11.3 Å². The minimum atomic E-state index is 0.205. The van der Waals surface area contributed by atoms with Gasteiger partial charge >= 0.3 is 0 Å². The maximum absolute atomic E-state index is 12.2. The molecule has 1 aromatic heterocycles. The van der Waals surface area contributed by atoms with Crippen LogP contribution in [0.3, 0.4) is 0 Å². The van der Waals surface area contributed by atoms with E-state index >= 15 is 0 Å². The fourth-order valence-electron chi connectivity index (χ4n) is 2.47. The normalized spacial score (nSPS) is 10.9. The second-order valence-corrected chi connectivity index (χ2v) is 6.51. The number of thiophene rings is 1. The molecule has 0 saturated heterocycles. The van der Waals surface area contributed by atoms with Crippen molar-refractivity contribution in [2.75, 3.05) is 5.73 Å². The van der Waals surface area contributed by atoms with Crippen molar-refractivity contribution in [3.8, 4) is 0 Å². The van der Waals surface area contributed by atoms with Gasteiger partial charge in [-0.05, 0) is 36.1 Å². The Balaban J connectivity index is 1.75. The van der Waals surface area contributed by atoms with Gasteiger partial charge in [-0.1, -0.05) is 35.9 Å². The van der Waals surface area contributed by atoms with Gasteiger partial charge in [-0.2, -0.15) is 0 Å². The smallest absolute Gasteiger partial charge is 0.142 e. The molecule has 3 rings (SSSR count). The Morgan fingerprint density at radius 2 is 1.90 bits per heavy atom. The molecule has 0 bridgehead atoms. The van der Waals surface area contributed by atoms with Gasteiger partial charge in [0.05, 0.1) is 0 Å². The number of fused-ring (bicyclic) bond motifs is 1. The van der Waals surface area contributed by atoms with E-state index in [4.69, 9.17) is 5.73 Å². The van der Waals surface area contributed by atoms with Crippen LogP contribution in [0.25, 0.3) is 10.1 Å². The second-order valence-electron chi connectivity index (χ2n) is 5.35. The summed E-state index contributed by atoms with van der Waals surface area (Å²) in [5.74, 6) is 0.205. The average Bonchev–Trinajstić information content (AvgIpc) is 2.82. The highest BCUT2D eigenvalue weighted by Crippen LogP contribution is 2.27. The van der Waals surface area contributed by atoms with Crippen molar-refractivity contribution in [1.29, 1.82) is 0 Å². The first-order valence-electron chi connectivity index (χ1n) is 6.96. The van der Waals surface area contributed by atoms with Gasteiger partial charge in [-0.3, -0.25) is 4.79 Å². The highest BCUT2D eigenvalue weighted by Gasteiger charge is 2.10. The summed E-state index contributed by atoms with van der Waals surface area (Å²) >= 11 is 1.70. The molecule has 2 nitrogen and oxygen atoms in total. The van der Waals surface area contributed by atoms with Gasteiger partial charge in [0.2, 0.25) is 0 Å². The molecule has 0 aliphatic carbocycles. The van der Waals surface area contributed by atoms with Crippen molar-refractivity contribution in [2.45, 2.75) is 19.8 Å². The molecule has 2 N–H and O–H groups in total. The number of carbonyl (C=O) groups is 1. The highest BCUT2D eigenvalue weighted by molar-refractivity contribution is 7.19. The topological polar surface area (TPSA) is 43.1 Å². The van der Waals surface area contributed by atoms with Crippen LogP contribution in [0, 0.1) is 6.92 Å². The Bertz CT molecular complexity index is 804. The summed E-state index contributed by atoms with van der Waals surface area (Å²) in [4.78, 5) is 13.3. The summed E-state index contributed by atoms with van der Waals surface area (Å²) in [6, 6.07) is 16.1. The first-order valence-corrected chi connectivity index (χ1v) is 7.77. The minimum absolute atomic E-state index is 0.205. The zero-order valence-corrected chi connectivity index (χ0v) is 12.7. The van der Waals surface area contributed by atoms with Gasteiger partial charge in [0.15, 0.2) is 0 Å². The van der Waals surface area contributed by atoms with E-state index in [0.717, 1.165) is 10.4 Å². The van der Waals surface area contributed by atoms with E-state index in [1.807, 2.05) is 24.3 Å². The fourth-order valence-corrected chi connectivity index (χ4v) is 3.54. The van der Waals surface area contributed by atoms with Crippen molar-refractivity contribution in [2.24, 2.45) is 0 Å². The number of ketones is 1. The number of hydrogen-bond donors (Lipinski definition) is 1. The largest absolute Gasteiger partial charge is 0.398 e. The highest BCUT2D eigenvalue weighted by atomic mass is 32.1. The maximum atomic E-state index is 12.2. The standard InChI is InChI=1S/C18H17NOS/c1-12-6-7-18-14(8-12)10-16(21-18)11-15(20)9-13-4-2-3-5-17(13)19/h2-8,10H,9,11,19H2,1H3. The van der Waals surface area contributed by atoms with Gasteiger partial charge in [0, 0.05) is 28.1 Å². The van der Waals surface area contributed by atoms with Gasteiger partial charge in [0.1, 0.15) is 5.78 Å². The average molecular weight is 295 g/mol. The zero-order chi connectivity index (χ0) is 14.8. The molecule has 0 saturated carbocycles. The molecule has 0 radical (unpaired) electrons. The molecule has 0 aliphatic heterocycles. The van der Waals surface area contributed by atoms with Crippen molar-refractivity contribution in [3.05, 3.63) is 64.5 Å². The molecule has 21 heavy (non-hydrogen) atoms. The third-order valence-electron chi connectivity index (χ3n) is 3.54. The van der Waals surface area contributed by atoms with E-state index in [9.17, 15) is 4.79 Å². The first kappa shape index (κ1) is 13.8. The lowest BCUT2D eigenvalue weighted by atomic mass is 10.0. The predicted octanol–water partition coefficient (Wildman–Crippen LogP) is 4.15. The lowest BCUT2D eigenvalue weighted by Crippen LogP contribution is -2.07. The van der Waals surface area contributed by atoms with Crippen molar-refractivity contribution < 1.29 is 4.79 Å². The monoisotopic (exact) mass is 295 g/mol. The Morgan fingerprint density at radius 3 is 2.71 bits per heavy atom.